The van der Waals surface area contributed by atoms with Crippen LogP contribution in [-0.2, 0) is 15.6 Å². The number of nitrogens with one attached hydrogen (secondary N) is 1. The van der Waals surface area contributed by atoms with E-state index in [4.69, 9.17) is 0 Å². The number of aromatic nitrogens is 2. The topological polar surface area (TPSA) is 75.2 Å². The van der Waals surface area contributed by atoms with Gasteiger partial charge in [0, 0.05) is 19.5 Å². The maximum absolute atomic E-state index is 11.5. The molecule has 0 spiro atoms. The predicted molar refractivity (Wildman–Crippen MR) is 64.8 cm³/mol. The molecular formula is C8H16N4O2S2. The van der Waals surface area contributed by atoms with Crippen LogP contribution in [0, 0.1) is 0 Å². The maximum atomic E-state index is 11.5. The Hall–Kier alpha value is -0.730. The molecule has 0 aliphatic heterocycles. The van der Waals surface area contributed by atoms with Gasteiger partial charge in [-0.05, 0) is 0 Å². The first-order valence-corrected chi connectivity index (χ1v) is 6.93. The molecule has 92 valence electrons. The SMILES string of the molecule is CN(C)S(=O)(=O)Nc1nnc(C(C)(C)C)s1. The van der Waals surface area contributed by atoms with Gasteiger partial charge in [0.25, 0.3) is 0 Å². The van der Waals surface area contributed by atoms with Crippen LogP contribution >= 0.6 is 11.3 Å². The fourth-order valence-corrected chi connectivity index (χ4v) is 2.35. The zero-order valence-electron chi connectivity index (χ0n) is 9.97. The van der Waals surface area contributed by atoms with Crippen molar-refractivity contribution in [2.75, 3.05) is 18.8 Å². The Balaban J connectivity index is 2.90. The number of anilines is 1. The first-order valence-electron chi connectivity index (χ1n) is 4.67. The van der Waals surface area contributed by atoms with Gasteiger partial charge in [-0.15, -0.1) is 10.2 Å². The van der Waals surface area contributed by atoms with E-state index in [0.717, 1.165) is 9.31 Å². The van der Waals surface area contributed by atoms with Gasteiger partial charge in [-0.1, -0.05) is 32.1 Å². The summed E-state index contributed by atoms with van der Waals surface area (Å²) in [6.45, 7) is 5.99. The van der Waals surface area contributed by atoms with E-state index in [1.165, 1.54) is 25.4 Å². The Morgan fingerprint density at radius 1 is 1.25 bits per heavy atom. The third-order valence-corrected chi connectivity index (χ3v) is 4.57. The molecule has 0 saturated carbocycles. The van der Waals surface area contributed by atoms with Crippen LogP contribution in [-0.4, -0.2) is 37.0 Å². The molecule has 6 nitrogen and oxygen atoms in total. The van der Waals surface area contributed by atoms with Crippen molar-refractivity contribution in [3.63, 3.8) is 0 Å². The molecule has 0 fully saturated rings. The zero-order chi connectivity index (χ0) is 12.6. The number of hydrogen-bond donors (Lipinski definition) is 1. The molecule has 0 radical (unpaired) electrons. The summed E-state index contributed by atoms with van der Waals surface area (Å²) < 4.78 is 26.5. The molecular weight excluding hydrogens is 248 g/mol. The third-order valence-electron chi connectivity index (χ3n) is 1.76. The van der Waals surface area contributed by atoms with Crippen LogP contribution < -0.4 is 4.72 Å². The molecule has 0 unspecified atom stereocenters. The number of hydrogen-bond acceptors (Lipinski definition) is 5. The van der Waals surface area contributed by atoms with Gasteiger partial charge in [0.1, 0.15) is 5.01 Å². The number of rotatable bonds is 3. The van der Waals surface area contributed by atoms with Crippen LogP contribution in [0.15, 0.2) is 0 Å². The predicted octanol–water partition coefficient (Wildman–Crippen LogP) is 1.05. The molecule has 1 aromatic heterocycles. The van der Waals surface area contributed by atoms with Crippen LogP contribution in [0.2, 0.25) is 0 Å². The van der Waals surface area contributed by atoms with Crippen LogP contribution in [0.4, 0.5) is 5.13 Å². The summed E-state index contributed by atoms with van der Waals surface area (Å²) in [7, 11) is -0.587. The molecule has 1 N–H and O–H groups in total. The Morgan fingerprint density at radius 3 is 2.19 bits per heavy atom. The molecule has 0 saturated heterocycles. The van der Waals surface area contributed by atoms with E-state index >= 15 is 0 Å². The van der Waals surface area contributed by atoms with Gasteiger partial charge in [-0.25, -0.2) is 4.72 Å². The van der Waals surface area contributed by atoms with Gasteiger partial charge in [-0.3, -0.25) is 0 Å². The van der Waals surface area contributed by atoms with Crippen molar-refractivity contribution in [2.24, 2.45) is 0 Å². The van der Waals surface area contributed by atoms with Crippen LogP contribution in [0.1, 0.15) is 25.8 Å². The summed E-state index contributed by atoms with van der Waals surface area (Å²) in [4.78, 5) is 0. The summed E-state index contributed by atoms with van der Waals surface area (Å²) in [6.07, 6.45) is 0. The van der Waals surface area contributed by atoms with Gasteiger partial charge < -0.3 is 0 Å². The smallest absolute Gasteiger partial charge is 0.244 e. The lowest BCUT2D eigenvalue weighted by molar-refractivity contribution is 0.526. The maximum Gasteiger partial charge on any atom is 0.302 e. The number of nitrogens with zero attached hydrogens (tertiary/aromatic N) is 3. The summed E-state index contributed by atoms with van der Waals surface area (Å²) >= 11 is 1.24. The Kier molecular flexibility index (Phi) is 3.56. The van der Waals surface area contributed by atoms with E-state index in [1.807, 2.05) is 20.8 Å². The van der Waals surface area contributed by atoms with E-state index < -0.39 is 10.2 Å². The largest absolute Gasteiger partial charge is 0.302 e. The monoisotopic (exact) mass is 264 g/mol. The van der Waals surface area contributed by atoms with Crippen molar-refractivity contribution in [3.05, 3.63) is 5.01 Å². The second kappa shape index (κ2) is 4.27. The summed E-state index contributed by atoms with van der Waals surface area (Å²) in [5.41, 5.74) is -0.126. The van der Waals surface area contributed by atoms with E-state index in [-0.39, 0.29) is 5.41 Å². The van der Waals surface area contributed by atoms with Crippen molar-refractivity contribution < 1.29 is 8.42 Å². The third kappa shape index (κ3) is 3.13. The van der Waals surface area contributed by atoms with Gasteiger partial charge in [0.05, 0.1) is 0 Å². The second-order valence-electron chi connectivity index (χ2n) is 4.55. The Morgan fingerprint density at radius 2 is 1.81 bits per heavy atom. The highest BCUT2D eigenvalue weighted by Crippen LogP contribution is 2.28. The van der Waals surface area contributed by atoms with Crippen LogP contribution in [0.5, 0.6) is 0 Å². The van der Waals surface area contributed by atoms with Gasteiger partial charge in [0.15, 0.2) is 0 Å². The molecule has 16 heavy (non-hydrogen) atoms. The van der Waals surface area contributed by atoms with Crippen molar-refractivity contribution in [1.82, 2.24) is 14.5 Å². The molecule has 1 heterocycles. The molecule has 0 aromatic carbocycles. The zero-order valence-corrected chi connectivity index (χ0v) is 11.6. The minimum atomic E-state index is -3.49. The van der Waals surface area contributed by atoms with Gasteiger partial charge in [0.2, 0.25) is 5.13 Å². The van der Waals surface area contributed by atoms with Crippen LogP contribution in [0.25, 0.3) is 0 Å². The Labute approximate surface area is 99.9 Å². The Bertz CT molecular complexity index is 459. The minimum absolute atomic E-state index is 0.126. The average molecular weight is 264 g/mol. The first kappa shape index (κ1) is 13.3. The van der Waals surface area contributed by atoms with Crippen molar-refractivity contribution in [2.45, 2.75) is 26.2 Å². The van der Waals surface area contributed by atoms with E-state index in [0.29, 0.717) is 5.13 Å². The lowest BCUT2D eigenvalue weighted by Crippen LogP contribution is -2.28. The van der Waals surface area contributed by atoms with E-state index in [2.05, 4.69) is 14.9 Å². The normalized spacial score (nSPS) is 13.1. The quantitative estimate of drug-likeness (QED) is 0.885. The highest BCUT2D eigenvalue weighted by molar-refractivity contribution is 7.90. The van der Waals surface area contributed by atoms with E-state index in [9.17, 15) is 8.42 Å². The first-order chi connectivity index (χ1) is 7.13. The lowest BCUT2D eigenvalue weighted by atomic mass is 9.98. The summed E-state index contributed by atoms with van der Waals surface area (Å²) in [5, 5.41) is 8.84. The molecule has 1 aromatic rings. The molecule has 0 aliphatic rings. The highest BCUT2D eigenvalue weighted by Gasteiger charge is 2.21. The standard InChI is InChI=1S/C8H16N4O2S2/c1-8(2,3)6-9-10-7(15-6)11-16(13,14)12(4)5/h1-5H3,(H,10,11). The summed E-state index contributed by atoms with van der Waals surface area (Å²) in [5.74, 6) is 0. The second-order valence-corrected chi connectivity index (χ2v) is 7.41. The molecule has 0 amide bonds. The van der Waals surface area contributed by atoms with E-state index in [1.54, 1.807) is 0 Å². The molecule has 0 bridgehead atoms. The fraction of sp³-hybridized carbons (Fsp3) is 0.750. The fourth-order valence-electron chi connectivity index (χ4n) is 0.769. The average Bonchev–Trinajstić information content (AvgIpc) is 2.50. The highest BCUT2D eigenvalue weighted by atomic mass is 32.2. The minimum Gasteiger partial charge on any atom is -0.244 e. The molecule has 0 atom stereocenters. The van der Waals surface area contributed by atoms with Crippen molar-refractivity contribution in [1.29, 1.82) is 0 Å². The molecule has 1 rings (SSSR count). The van der Waals surface area contributed by atoms with Gasteiger partial charge in [-0.2, -0.15) is 12.7 Å². The lowest BCUT2D eigenvalue weighted by Gasteiger charge is -2.12. The summed E-state index contributed by atoms with van der Waals surface area (Å²) in [6, 6.07) is 0. The van der Waals surface area contributed by atoms with Crippen molar-refractivity contribution in [3.8, 4) is 0 Å². The molecule has 0 aliphatic carbocycles. The van der Waals surface area contributed by atoms with Crippen molar-refractivity contribution >= 4 is 26.7 Å². The van der Waals surface area contributed by atoms with Crippen LogP contribution in [0.3, 0.4) is 0 Å². The molecule has 8 heteroatoms. The van der Waals surface area contributed by atoms with Gasteiger partial charge >= 0.3 is 10.2 Å².